The number of carbonyl (C=O) groups is 1. The van der Waals surface area contributed by atoms with E-state index in [1.54, 1.807) is 0 Å². The van der Waals surface area contributed by atoms with Crippen LogP contribution in [0.3, 0.4) is 0 Å². The summed E-state index contributed by atoms with van der Waals surface area (Å²) in [5.41, 5.74) is 1.21. The van der Waals surface area contributed by atoms with Crippen LogP contribution in [0.5, 0.6) is 0 Å². The minimum Gasteiger partial charge on any atom is -0.393 e. The van der Waals surface area contributed by atoms with Gasteiger partial charge in [-0.15, -0.1) is 0 Å². The first kappa shape index (κ1) is 17.0. The number of aryl methyl sites for hydroxylation is 1. The van der Waals surface area contributed by atoms with E-state index in [1.165, 1.54) is 5.56 Å². The van der Waals surface area contributed by atoms with E-state index < -0.39 is 6.10 Å². The smallest absolute Gasteiger partial charge is 0.220 e. The van der Waals surface area contributed by atoms with Crippen molar-refractivity contribution in [2.24, 2.45) is 0 Å². The fraction of sp³-hybridized carbons (Fsp3) is 0.611. The summed E-state index contributed by atoms with van der Waals surface area (Å²) < 4.78 is 0. The summed E-state index contributed by atoms with van der Waals surface area (Å²) in [7, 11) is 0. The zero-order valence-corrected chi connectivity index (χ0v) is 13.1. The summed E-state index contributed by atoms with van der Waals surface area (Å²) in [4.78, 5) is 11.9. The molecule has 1 saturated carbocycles. The number of nitrogens with one attached hydrogen (secondary N) is 1. The molecule has 1 aliphatic rings. The topological polar surface area (TPSA) is 69.6 Å². The molecule has 1 aromatic carbocycles. The van der Waals surface area contributed by atoms with Crippen LogP contribution in [0.15, 0.2) is 30.3 Å². The molecule has 2 rings (SSSR count). The summed E-state index contributed by atoms with van der Waals surface area (Å²) in [6.45, 7) is 0. The lowest BCUT2D eigenvalue weighted by Crippen LogP contribution is -2.38. The highest BCUT2D eigenvalue weighted by molar-refractivity contribution is 5.76. The molecule has 22 heavy (non-hydrogen) atoms. The second kappa shape index (κ2) is 8.91. The van der Waals surface area contributed by atoms with Crippen molar-refractivity contribution in [3.8, 4) is 0 Å². The van der Waals surface area contributed by atoms with Crippen LogP contribution in [0, 0.1) is 0 Å². The SMILES string of the molecule is O=C(CCC(O)CCc1ccccc1)NC1CCC(O)CC1. The van der Waals surface area contributed by atoms with Gasteiger partial charge in [-0.3, -0.25) is 4.79 Å². The van der Waals surface area contributed by atoms with Crippen LogP contribution in [0.4, 0.5) is 0 Å². The van der Waals surface area contributed by atoms with Gasteiger partial charge in [-0.05, 0) is 50.5 Å². The molecule has 1 fully saturated rings. The summed E-state index contributed by atoms with van der Waals surface area (Å²) in [5.74, 6) is 0.0140. The molecule has 1 atom stereocenters. The Balaban J connectivity index is 1.59. The van der Waals surface area contributed by atoms with Crippen molar-refractivity contribution in [3.63, 3.8) is 0 Å². The zero-order valence-electron chi connectivity index (χ0n) is 13.1. The van der Waals surface area contributed by atoms with Gasteiger partial charge in [0.2, 0.25) is 5.91 Å². The lowest BCUT2D eigenvalue weighted by Gasteiger charge is -2.26. The first-order valence-electron chi connectivity index (χ1n) is 8.33. The lowest BCUT2D eigenvalue weighted by atomic mass is 9.93. The normalized spacial score (nSPS) is 23.0. The molecule has 0 heterocycles. The maximum atomic E-state index is 11.9. The van der Waals surface area contributed by atoms with Crippen LogP contribution >= 0.6 is 0 Å². The fourth-order valence-electron chi connectivity index (χ4n) is 2.94. The van der Waals surface area contributed by atoms with Gasteiger partial charge in [0.15, 0.2) is 0 Å². The van der Waals surface area contributed by atoms with Crippen LogP contribution in [0.2, 0.25) is 0 Å². The number of aliphatic hydroxyl groups excluding tert-OH is 2. The van der Waals surface area contributed by atoms with E-state index in [4.69, 9.17) is 0 Å². The number of hydrogen-bond donors (Lipinski definition) is 3. The maximum absolute atomic E-state index is 11.9. The molecule has 1 unspecified atom stereocenters. The molecule has 0 saturated heterocycles. The number of rotatable bonds is 7. The van der Waals surface area contributed by atoms with Crippen molar-refractivity contribution in [3.05, 3.63) is 35.9 Å². The number of hydrogen-bond acceptors (Lipinski definition) is 3. The Morgan fingerprint density at radius 1 is 1.14 bits per heavy atom. The van der Waals surface area contributed by atoms with Gasteiger partial charge in [0, 0.05) is 12.5 Å². The third-order valence-electron chi connectivity index (χ3n) is 4.38. The van der Waals surface area contributed by atoms with Crippen LogP contribution in [-0.2, 0) is 11.2 Å². The highest BCUT2D eigenvalue weighted by Crippen LogP contribution is 2.18. The zero-order chi connectivity index (χ0) is 15.8. The van der Waals surface area contributed by atoms with E-state index >= 15 is 0 Å². The average Bonchev–Trinajstić information content (AvgIpc) is 2.54. The van der Waals surface area contributed by atoms with Gasteiger partial charge in [0.25, 0.3) is 0 Å². The van der Waals surface area contributed by atoms with Crippen LogP contribution < -0.4 is 5.32 Å². The first-order chi connectivity index (χ1) is 10.6. The van der Waals surface area contributed by atoms with E-state index in [0.29, 0.717) is 19.3 Å². The molecule has 1 aliphatic carbocycles. The van der Waals surface area contributed by atoms with Crippen LogP contribution in [-0.4, -0.2) is 34.4 Å². The summed E-state index contributed by atoms with van der Waals surface area (Å²) >= 11 is 0. The number of aliphatic hydroxyl groups is 2. The Kier molecular flexibility index (Phi) is 6.87. The highest BCUT2D eigenvalue weighted by Gasteiger charge is 2.20. The fourth-order valence-corrected chi connectivity index (χ4v) is 2.94. The lowest BCUT2D eigenvalue weighted by molar-refractivity contribution is -0.122. The Morgan fingerprint density at radius 3 is 2.50 bits per heavy atom. The molecule has 4 nitrogen and oxygen atoms in total. The van der Waals surface area contributed by atoms with Crippen molar-refractivity contribution in [1.82, 2.24) is 5.32 Å². The standard InChI is InChI=1S/C18H27NO3/c20-16(9-6-14-4-2-1-3-5-14)12-13-18(22)19-15-7-10-17(21)11-8-15/h1-5,15-17,20-21H,6-13H2,(H,19,22). The number of amides is 1. The Hall–Kier alpha value is -1.39. The molecule has 1 aromatic rings. The highest BCUT2D eigenvalue weighted by atomic mass is 16.3. The Morgan fingerprint density at radius 2 is 1.82 bits per heavy atom. The van der Waals surface area contributed by atoms with Gasteiger partial charge < -0.3 is 15.5 Å². The number of benzene rings is 1. The van der Waals surface area contributed by atoms with Gasteiger partial charge in [0.1, 0.15) is 0 Å². The molecule has 0 spiro atoms. The van der Waals surface area contributed by atoms with E-state index in [1.807, 2.05) is 18.2 Å². The molecule has 4 heteroatoms. The van der Waals surface area contributed by atoms with Crippen molar-refractivity contribution in [2.75, 3.05) is 0 Å². The molecule has 3 N–H and O–H groups in total. The van der Waals surface area contributed by atoms with Gasteiger partial charge in [0.05, 0.1) is 12.2 Å². The molecular weight excluding hydrogens is 278 g/mol. The summed E-state index contributed by atoms with van der Waals surface area (Å²) in [5, 5.41) is 22.4. The average molecular weight is 305 g/mol. The van der Waals surface area contributed by atoms with Gasteiger partial charge in [-0.1, -0.05) is 30.3 Å². The summed E-state index contributed by atoms with van der Waals surface area (Å²) in [6.07, 6.45) is 5.01. The molecule has 122 valence electrons. The van der Waals surface area contributed by atoms with Crippen molar-refractivity contribution in [2.45, 2.75) is 69.6 Å². The molecular formula is C18H27NO3. The maximum Gasteiger partial charge on any atom is 0.220 e. The molecule has 0 aliphatic heterocycles. The molecule has 0 radical (unpaired) electrons. The largest absolute Gasteiger partial charge is 0.393 e. The van der Waals surface area contributed by atoms with Gasteiger partial charge in [-0.25, -0.2) is 0 Å². The van der Waals surface area contributed by atoms with E-state index in [9.17, 15) is 15.0 Å². The third kappa shape index (κ3) is 6.16. The monoisotopic (exact) mass is 305 g/mol. The van der Waals surface area contributed by atoms with E-state index in [0.717, 1.165) is 32.1 Å². The minimum absolute atomic E-state index is 0.0140. The van der Waals surface area contributed by atoms with Crippen LogP contribution in [0.25, 0.3) is 0 Å². The van der Waals surface area contributed by atoms with Gasteiger partial charge >= 0.3 is 0 Å². The molecule has 0 bridgehead atoms. The predicted octanol–water partition coefficient (Wildman–Crippen LogP) is 2.18. The third-order valence-corrected chi connectivity index (χ3v) is 4.38. The predicted molar refractivity (Wildman–Crippen MR) is 86.4 cm³/mol. The first-order valence-corrected chi connectivity index (χ1v) is 8.33. The summed E-state index contributed by atoms with van der Waals surface area (Å²) in [6, 6.07) is 10.3. The van der Waals surface area contributed by atoms with Crippen molar-refractivity contribution < 1.29 is 15.0 Å². The second-order valence-electron chi connectivity index (χ2n) is 6.29. The van der Waals surface area contributed by atoms with E-state index in [2.05, 4.69) is 17.4 Å². The number of carbonyl (C=O) groups excluding carboxylic acids is 1. The Labute approximate surface area is 132 Å². The second-order valence-corrected chi connectivity index (χ2v) is 6.29. The van der Waals surface area contributed by atoms with E-state index in [-0.39, 0.29) is 18.1 Å². The quantitative estimate of drug-likeness (QED) is 0.723. The van der Waals surface area contributed by atoms with Crippen molar-refractivity contribution in [1.29, 1.82) is 0 Å². The Bertz CT molecular complexity index is 441. The molecule has 0 aromatic heterocycles. The minimum atomic E-state index is -0.431. The van der Waals surface area contributed by atoms with Crippen LogP contribution in [0.1, 0.15) is 50.5 Å². The van der Waals surface area contributed by atoms with Gasteiger partial charge in [-0.2, -0.15) is 0 Å². The molecule has 1 amide bonds. The van der Waals surface area contributed by atoms with Crippen molar-refractivity contribution >= 4 is 5.91 Å².